The molecule has 2 atom stereocenters. The molecule has 2 aliphatic rings. The van der Waals surface area contributed by atoms with Crippen LogP contribution in [0.2, 0.25) is 0 Å². The van der Waals surface area contributed by atoms with Crippen LogP contribution in [0, 0.1) is 0 Å². The van der Waals surface area contributed by atoms with Gasteiger partial charge in [-0.15, -0.1) is 0 Å². The second kappa shape index (κ2) is 8.10. The largest absolute Gasteiger partial charge is 0.497 e. The Morgan fingerprint density at radius 3 is 2.74 bits per heavy atom. The fourth-order valence-electron chi connectivity index (χ4n) is 3.32. The molecule has 7 nitrogen and oxygen atoms in total. The summed E-state index contributed by atoms with van der Waals surface area (Å²) < 4.78 is 35.0. The van der Waals surface area contributed by atoms with Crippen LogP contribution >= 0.6 is 11.8 Å². The molecule has 9 heteroatoms. The number of carbonyl (C=O) groups is 1. The van der Waals surface area contributed by atoms with E-state index in [4.69, 9.17) is 9.47 Å². The molecule has 0 bridgehead atoms. The number of nitrogens with zero attached hydrogens (tertiary/aromatic N) is 2. The Bertz CT molecular complexity index is 853. The fraction of sp³-hybridized carbons (Fsp3) is 0.556. The Hall–Kier alpha value is -1.74. The first-order valence-corrected chi connectivity index (χ1v) is 11.6. The van der Waals surface area contributed by atoms with Crippen LogP contribution in [0.25, 0.3) is 0 Å². The molecule has 1 aromatic rings. The second-order valence-corrected chi connectivity index (χ2v) is 9.96. The number of hydrogen-bond acceptors (Lipinski definition) is 6. The Morgan fingerprint density at radius 1 is 1.30 bits per heavy atom. The average molecular weight is 413 g/mol. The van der Waals surface area contributed by atoms with Crippen molar-refractivity contribution in [2.75, 3.05) is 30.6 Å². The number of rotatable bonds is 6. The summed E-state index contributed by atoms with van der Waals surface area (Å²) in [5, 5.41) is 0.406. The number of ether oxygens (including phenoxy) is 2. The SMILES string of the molecule is CCCCC(=O)N=C1S[C@H]2CS(=O)(=O)C[C@H]2N1c1ccc(OC)cc1OC. The monoisotopic (exact) mass is 412 g/mol. The Kier molecular flexibility index (Phi) is 6.00. The predicted octanol–water partition coefficient (Wildman–Crippen LogP) is 2.50. The van der Waals surface area contributed by atoms with Crippen molar-refractivity contribution in [3.05, 3.63) is 18.2 Å². The van der Waals surface area contributed by atoms with Crippen LogP contribution in [0.1, 0.15) is 26.2 Å². The van der Waals surface area contributed by atoms with Crippen LogP contribution in [0.15, 0.2) is 23.2 Å². The lowest BCUT2D eigenvalue weighted by Crippen LogP contribution is -2.38. The van der Waals surface area contributed by atoms with Crippen LogP contribution in [0.4, 0.5) is 5.69 Å². The fourth-order valence-corrected chi connectivity index (χ4v) is 7.24. The maximum Gasteiger partial charge on any atom is 0.248 e. The van der Waals surface area contributed by atoms with Crippen LogP contribution in [0.5, 0.6) is 11.5 Å². The Morgan fingerprint density at radius 2 is 2.07 bits per heavy atom. The van der Waals surface area contributed by atoms with E-state index in [1.165, 1.54) is 11.8 Å². The van der Waals surface area contributed by atoms with Crippen molar-refractivity contribution in [3.8, 4) is 11.5 Å². The molecule has 2 saturated heterocycles. The number of aliphatic imine (C=N–C) groups is 1. The minimum absolute atomic E-state index is 0.0437. The van der Waals surface area contributed by atoms with E-state index in [1.54, 1.807) is 26.4 Å². The van der Waals surface area contributed by atoms with Crippen LogP contribution in [0.3, 0.4) is 0 Å². The van der Waals surface area contributed by atoms with E-state index in [0.717, 1.165) is 12.8 Å². The lowest BCUT2D eigenvalue weighted by Gasteiger charge is -2.26. The number of sulfone groups is 1. The minimum Gasteiger partial charge on any atom is -0.497 e. The first-order valence-electron chi connectivity index (χ1n) is 8.88. The lowest BCUT2D eigenvalue weighted by molar-refractivity contribution is -0.117. The molecule has 27 heavy (non-hydrogen) atoms. The van der Waals surface area contributed by atoms with E-state index < -0.39 is 9.84 Å². The van der Waals surface area contributed by atoms with E-state index >= 15 is 0 Å². The number of hydrogen-bond donors (Lipinski definition) is 0. The number of amides is 1. The van der Waals surface area contributed by atoms with E-state index in [2.05, 4.69) is 4.99 Å². The van der Waals surface area contributed by atoms with Gasteiger partial charge in [-0.05, 0) is 18.6 Å². The third-order valence-corrected chi connectivity index (χ3v) is 7.89. The molecule has 1 aromatic carbocycles. The molecule has 0 radical (unpaired) electrons. The van der Waals surface area contributed by atoms with Gasteiger partial charge in [0.25, 0.3) is 0 Å². The summed E-state index contributed by atoms with van der Waals surface area (Å²) in [5.74, 6) is 1.14. The van der Waals surface area contributed by atoms with Gasteiger partial charge in [-0.25, -0.2) is 8.42 Å². The van der Waals surface area contributed by atoms with Crippen LogP contribution < -0.4 is 14.4 Å². The number of methoxy groups -OCH3 is 2. The quantitative estimate of drug-likeness (QED) is 0.710. The van der Waals surface area contributed by atoms with Gasteiger partial charge >= 0.3 is 0 Å². The molecule has 2 aliphatic heterocycles. The van der Waals surface area contributed by atoms with E-state index in [9.17, 15) is 13.2 Å². The first kappa shape index (κ1) is 20.0. The zero-order valence-corrected chi connectivity index (χ0v) is 17.3. The molecule has 0 saturated carbocycles. The van der Waals surface area contributed by atoms with Crippen molar-refractivity contribution in [2.24, 2.45) is 4.99 Å². The van der Waals surface area contributed by atoms with Gasteiger partial charge in [0.15, 0.2) is 15.0 Å². The summed E-state index contributed by atoms with van der Waals surface area (Å²) in [5.41, 5.74) is 0.692. The predicted molar refractivity (Wildman–Crippen MR) is 108 cm³/mol. The number of fused-ring (bicyclic) bond motifs is 1. The molecule has 0 unspecified atom stereocenters. The summed E-state index contributed by atoms with van der Waals surface area (Å²) in [6.45, 7) is 2.02. The molecular weight excluding hydrogens is 388 g/mol. The van der Waals surface area contributed by atoms with E-state index in [0.29, 0.717) is 28.8 Å². The molecule has 1 amide bonds. The van der Waals surface area contributed by atoms with E-state index in [1.807, 2.05) is 17.9 Å². The molecule has 2 heterocycles. The van der Waals surface area contributed by atoms with Crippen molar-refractivity contribution in [1.82, 2.24) is 0 Å². The third-order valence-electron chi connectivity index (χ3n) is 4.68. The zero-order chi connectivity index (χ0) is 19.6. The van der Waals surface area contributed by atoms with Crippen molar-refractivity contribution >= 4 is 38.4 Å². The van der Waals surface area contributed by atoms with Crippen LogP contribution in [-0.2, 0) is 14.6 Å². The van der Waals surface area contributed by atoms with Crippen LogP contribution in [-0.4, -0.2) is 56.5 Å². The van der Waals surface area contributed by atoms with Crippen molar-refractivity contribution in [1.29, 1.82) is 0 Å². The average Bonchev–Trinajstić information content (AvgIpc) is 3.10. The molecule has 2 fully saturated rings. The topological polar surface area (TPSA) is 85.3 Å². The van der Waals surface area contributed by atoms with E-state index in [-0.39, 0.29) is 28.7 Å². The van der Waals surface area contributed by atoms with Gasteiger partial charge in [0.05, 0.1) is 37.5 Å². The highest BCUT2D eigenvalue weighted by molar-refractivity contribution is 8.16. The Labute approximate surface area is 164 Å². The summed E-state index contributed by atoms with van der Waals surface area (Å²) in [7, 11) is 0.00482. The second-order valence-electron chi connectivity index (χ2n) is 6.60. The molecule has 148 valence electrons. The van der Waals surface area contributed by atoms with Gasteiger partial charge in [-0.2, -0.15) is 4.99 Å². The number of thioether (sulfide) groups is 1. The van der Waals surface area contributed by atoms with Crippen molar-refractivity contribution < 1.29 is 22.7 Å². The minimum atomic E-state index is -3.11. The summed E-state index contributed by atoms with van der Waals surface area (Å²) in [4.78, 5) is 18.4. The van der Waals surface area contributed by atoms with Gasteiger partial charge in [0, 0.05) is 17.7 Å². The maximum atomic E-state index is 12.2. The summed E-state index contributed by atoms with van der Waals surface area (Å²) in [6, 6.07) is 5.08. The molecule has 0 N–H and O–H groups in total. The number of carbonyl (C=O) groups excluding carboxylic acids is 1. The lowest BCUT2D eigenvalue weighted by atomic mass is 10.2. The van der Waals surface area contributed by atoms with Gasteiger partial charge in [-0.3, -0.25) is 4.79 Å². The zero-order valence-electron chi connectivity index (χ0n) is 15.7. The van der Waals surface area contributed by atoms with Crippen molar-refractivity contribution in [2.45, 2.75) is 37.5 Å². The molecule has 3 rings (SSSR count). The summed E-state index contributed by atoms with van der Waals surface area (Å²) >= 11 is 1.37. The Balaban J connectivity index is 2.01. The first-order chi connectivity index (χ1) is 12.9. The van der Waals surface area contributed by atoms with Gasteiger partial charge in [-0.1, -0.05) is 25.1 Å². The normalized spacial score (nSPS) is 24.9. The number of benzene rings is 1. The highest BCUT2D eigenvalue weighted by Crippen LogP contribution is 2.44. The molecule has 0 aromatic heterocycles. The number of unbranched alkanes of at least 4 members (excludes halogenated alkanes) is 1. The molecule has 0 spiro atoms. The van der Waals surface area contributed by atoms with Gasteiger partial charge in [0.1, 0.15) is 11.5 Å². The molecular formula is C18H24N2O5S2. The maximum absolute atomic E-state index is 12.2. The highest BCUT2D eigenvalue weighted by Gasteiger charge is 2.50. The highest BCUT2D eigenvalue weighted by atomic mass is 32.2. The smallest absolute Gasteiger partial charge is 0.248 e. The van der Waals surface area contributed by atoms with Gasteiger partial charge in [0.2, 0.25) is 5.91 Å². The van der Waals surface area contributed by atoms with Gasteiger partial charge < -0.3 is 14.4 Å². The summed E-state index contributed by atoms with van der Waals surface area (Å²) in [6.07, 6.45) is 2.10. The third kappa shape index (κ3) is 4.24. The number of anilines is 1. The van der Waals surface area contributed by atoms with Crippen molar-refractivity contribution in [3.63, 3.8) is 0 Å². The number of amidine groups is 1. The molecule has 0 aliphatic carbocycles. The standard InChI is InChI=1S/C18H24N2O5S2/c1-4-5-6-17(21)19-18-20(14-10-27(22,23)11-16(14)26-18)13-8-7-12(24-2)9-15(13)25-3/h7-9,14,16H,4-6,10-11H2,1-3H3/t14-,16+/m1/s1.